The number of hydrogen-bond acceptors (Lipinski definition) is 7. The van der Waals surface area contributed by atoms with Gasteiger partial charge in [0.05, 0.1) is 10.2 Å². The summed E-state index contributed by atoms with van der Waals surface area (Å²) in [6.45, 7) is 1.61. The summed E-state index contributed by atoms with van der Waals surface area (Å²) >= 11 is 1.01. The molecule has 2 aromatic carbocycles. The molecule has 0 fully saturated rings. The fourth-order valence-corrected chi connectivity index (χ4v) is 2.83. The highest BCUT2D eigenvalue weighted by Gasteiger charge is 2.22. The molecule has 3 rings (SSSR count). The van der Waals surface area contributed by atoms with E-state index in [-0.39, 0.29) is 28.3 Å². The number of rotatable bonds is 6. The second-order valence-electron chi connectivity index (χ2n) is 5.40. The van der Waals surface area contributed by atoms with E-state index in [0.717, 1.165) is 11.8 Å². The predicted molar refractivity (Wildman–Crippen MR) is 96.7 cm³/mol. The molecule has 0 unspecified atom stereocenters. The summed E-state index contributed by atoms with van der Waals surface area (Å²) in [5.41, 5.74) is 0.463. The second kappa shape index (κ2) is 7.96. The van der Waals surface area contributed by atoms with Gasteiger partial charge >= 0.3 is 0 Å². The second-order valence-corrected chi connectivity index (χ2v) is 6.70. The SMILES string of the molecule is C[C@H](Sc1nnc(-c2ccc(F)cc2)o1)C(=O)Nc1ccccc1[N+](=O)[O-]. The lowest BCUT2D eigenvalue weighted by Crippen LogP contribution is -2.22. The molecule has 0 radical (unpaired) electrons. The van der Waals surface area contributed by atoms with Crippen molar-refractivity contribution in [2.45, 2.75) is 17.4 Å². The molecule has 138 valence electrons. The van der Waals surface area contributed by atoms with E-state index in [1.165, 1.54) is 42.5 Å². The number of halogens is 1. The normalized spacial score (nSPS) is 11.8. The van der Waals surface area contributed by atoms with Crippen LogP contribution >= 0.6 is 11.8 Å². The maximum atomic E-state index is 13.0. The van der Waals surface area contributed by atoms with Gasteiger partial charge in [-0.15, -0.1) is 10.2 Å². The summed E-state index contributed by atoms with van der Waals surface area (Å²) in [4.78, 5) is 22.8. The van der Waals surface area contributed by atoms with E-state index in [9.17, 15) is 19.3 Å². The van der Waals surface area contributed by atoms with Gasteiger partial charge in [-0.1, -0.05) is 23.9 Å². The van der Waals surface area contributed by atoms with Gasteiger partial charge in [0, 0.05) is 11.6 Å². The lowest BCUT2D eigenvalue weighted by molar-refractivity contribution is -0.383. The largest absolute Gasteiger partial charge is 0.411 e. The fraction of sp³-hybridized carbons (Fsp3) is 0.118. The van der Waals surface area contributed by atoms with Crippen molar-refractivity contribution >= 4 is 29.0 Å². The molecule has 3 aromatic rings. The molecule has 1 N–H and O–H groups in total. The highest BCUT2D eigenvalue weighted by Crippen LogP contribution is 2.28. The molecule has 0 aliphatic carbocycles. The number of amides is 1. The highest BCUT2D eigenvalue weighted by molar-refractivity contribution is 8.00. The van der Waals surface area contributed by atoms with Crippen molar-refractivity contribution in [3.8, 4) is 11.5 Å². The number of benzene rings is 2. The Morgan fingerprint density at radius 2 is 1.93 bits per heavy atom. The zero-order chi connectivity index (χ0) is 19.4. The van der Waals surface area contributed by atoms with Gasteiger partial charge in [0.1, 0.15) is 11.5 Å². The van der Waals surface area contributed by atoms with Gasteiger partial charge in [-0.05, 0) is 37.3 Å². The molecule has 1 amide bonds. The van der Waals surface area contributed by atoms with Gasteiger partial charge in [0.25, 0.3) is 10.9 Å². The molecule has 27 heavy (non-hydrogen) atoms. The maximum absolute atomic E-state index is 13.0. The maximum Gasteiger partial charge on any atom is 0.292 e. The van der Waals surface area contributed by atoms with Crippen molar-refractivity contribution in [2.75, 3.05) is 5.32 Å². The average Bonchev–Trinajstić information content (AvgIpc) is 3.11. The molecule has 10 heteroatoms. The Morgan fingerprint density at radius 3 is 2.63 bits per heavy atom. The van der Waals surface area contributed by atoms with Gasteiger partial charge in [0.2, 0.25) is 11.8 Å². The van der Waals surface area contributed by atoms with Crippen LogP contribution in [0.15, 0.2) is 58.2 Å². The summed E-state index contributed by atoms with van der Waals surface area (Å²) in [6.07, 6.45) is 0. The molecule has 0 saturated heterocycles. The Bertz CT molecular complexity index is 977. The number of nitro benzene ring substituents is 1. The van der Waals surface area contributed by atoms with Crippen molar-refractivity contribution < 1.29 is 18.5 Å². The van der Waals surface area contributed by atoms with Crippen LogP contribution in [0.1, 0.15) is 6.92 Å². The molecule has 0 aliphatic rings. The summed E-state index contributed by atoms with van der Waals surface area (Å²) in [5, 5.41) is 20.8. The summed E-state index contributed by atoms with van der Waals surface area (Å²) in [7, 11) is 0. The van der Waals surface area contributed by atoms with E-state index in [4.69, 9.17) is 4.42 Å². The number of anilines is 1. The smallest absolute Gasteiger partial charge is 0.292 e. The van der Waals surface area contributed by atoms with Crippen LogP contribution in [0.25, 0.3) is 11.5 Å². The van der Waals surface area contributed by atoms with Crippen LogP contribution in [0.4, 0.5) is 15.8 Å². The standard InChI is InChI=1S/C17H13FN4O4S/c1-10(15(23)19-13-4-2-3-5-14(13)22(24)25)27-17-21-20-16(26-17)11-6-8-12(18)9-7-11/h2-10H,1H3,(H,19,23)/t10-/m0/s1. The van der Waals surface area contributed by atoms with E-state index in [0.29, 0.717) is 5.56 Å². The number of aromatic nitrogens is 2. The van der Waals surface area contributed by atoms with Gasteiger partial charge in [0.15, 0.2) is 0 Å². The zero-order valence-electron chi connectivity index (χ0n) is 14.0. The number of carbonyl (C=O) groups is 1. The monoisotopic (exact) mass is 388 g/mol. The highest BCUT2D eigenvalue weighted by atomic mass is 32.2. The van der Waals surface area contributed by atoms with E-state index in [1.807, 2.05) is 0 Å². The van der Waals surface area contributed by atoms with Crippen LogP contribution in [0.2, 0.25) is 0 Å². The van der Waals surface area contributed by atoms with E-state index in [1.54, 1.807) is 13.0 Å². The molecule has 0 saturated carbocycles. The predicted octanol–water partition coefficient (Wildman–Crippen LogP) is 3.90. The summed E-state index contributed by atoms with van der Waals surface area (Å²) in [6, 6.07) is 11.4. The van der Waals surface area contributed by atoms with Crippen LogP contribution in [0.5, 0.6) is 0 Å². The summed E-state index contributed by atoms with van der Waals surface area (Å²) in [5.74, 6) is -0.632. The molecular weight excluding hydrogens is 375 g/mol. The quantitative estimate of drug-likeness (QED) is 0.387. The first kappa shape index (κ1) is 18.5. The molecule has 1 aromatic heterocycles. The van der Waals surface area contributed by atoms with E-state index in [2.05, 4.69) is 15.5 Å². The van der Waals surface area contributed by atoms with Crippen LogP contribution in [-0.2, 0) is 4.79 Å². The number of nitro groups is 1. The zero-order valence-corrected chi connectivity index (χ0v) is 14.8. The van der Waals surface area contributed by atoms with Gasteiger partial charge < -0.3 is 9.73 Å². The molecule has 0 bridgehead atoms. The number of nitrogens with zero attached hydrogens (tertiary/aromatic N) is 3. The Labute approximate surface area is 156 Å². The third kappa shape index (κ3) is 4.47. The molecule has 1 heterocycles. The average molecular weight is 388 g/mol. The van der Waals surface area contributed by atoms with Gasteiger partial charge in [-0.2, -0.15) is 0 Å². The minimum absolute atomic E-state index is 0.109. The van der Waals surface area contributed by atoms with Gasteiger partial charge in [-0.3, -0.25) is 14.9 Å². The minimum Gasteiger partial charge on any atom is -0.411 e. The first-order chi connectivity index (χ1) is 12.9. The molecular formula is C17H13FN4O4S. The molecule has 0 spiro atoms. The van der Waals surface area contributed by atoms with Crippen LogP contribution in [0, 0.1) is 15.9 Å². The lowest BCUT2D eigenvalue weighted by atomic mass is 10.2. The Kier molecular flexibility index (Phi) is 5.46. The molecule has 0 aliphatic heterocycles. The van der Waals surface area contributed by atoms with Crippen LogP contribution < -0.4 is 5.32 Å². The van der Waals surface area contributed by atoms with Crippen LogP contribution in [0.3, 0.4) is 0 Å². The third-order valence-corrected chi connectivity index (χ3v) is 4.44. The van der Waals surface area contributed by atoms with Crippen molar-refractivity contribution in [3.05, 3.63) is 64.5 Å². The Morgan fingerprint density at radius 1 is 1.22 bits per heavy atom. The number of nitrogens with one attached hydrogen (secondary N) is 1. The topological polar surface area (TPSA) is 111 Å². The number of thioether (sulfide) groups is 1. The molecule has 8 nitrogen and oxygen atoms in total. The first-order valence-electron chi connectivity index (χ1n) is 7.74. The third-order valence-electron chi connectivity index (χ3n) is 3.50. The summed E-state index contributed by atoms with van der Waals surface area (Å²) < 4.78 is 18.4. The number of para-hydroxylation sites is 2. The van der Waals surface area contributed by atoms with E-state index >= 15 is 0 Å². The van der Waals surface area contributed by atoms with Crippen molar-refractivity contribution in [2.24, 2.45) is 0 Å². The van der Waals surface area contributed by atoms with Crippen molar-refractivity contribution in [1.29, 1.82) is 0 Å². The lowest BCUT2D eigenvalue weighted by Gasteiger charge is -2.10. The first-order valence-corrected chi connectivity index (χ1v) is 8.62. The molecule has 1 atom stereocenters. The number of hydrogen-bond donors (Lipinski definition) is 1. The van der Waals surface area contributed by atoms with Crippen molar-refractivity contribution in [3.63, 3.8) is 0 Å². The van der Waals surface area contributed by atoms with Crippen LogP contribution in [-0.4, -0.2) is 26.3 Å². The van der Waals surface area contributed by atoms with Gasteiger partial charge in [-0.25, -0.2) is 4.39 Å². The Balaban J connectivity index is 1.67. The van der Waals surface area contributed by atoms with Crippen molar-refractivity contribution in [1.82, 2.24) is 10.2 Å². The number of carbonyl (C=O) groups excluding carboxylic acids is 1. The minimum atomic E-state index is -0.647. The van der Waals surface area contributed by atoms with E-state index < -0.39 is 16.1 Å². The Hall–Kier alpha value is -3.27. The fourth-order valence-electron chi connectivity index (χ4n) is 2.14.